The van der Waals surface area contributed by atoms with E-state index in [0.29, 0.717) is 48.7 Å². The normalized spacial score (nSPS) is 23.1. The molecular formula is C35H44ClN3O6. The topological polar surface area (TPSA) is 104 Å². The average molecular weight is 638 g/mol. The van der Waals surface area contributed by atoms with Crippen molar-refractivity contribution < 1.29 is 28.5 Å². The molecule has 2 amide bonds. The Morgan fingerprint density at radius 2 is 1.49 bits per heavy atom. The summed E-state index contributed by atoms with van der Waals surface area (Å²) >= 11 is 0. The van der Waals surface area contributed by atoms with Crippen molar-refractivity contribution in [2.75, 3.05) is 54.6 Å². The van der Waals surface area contributed by atoms with Crippen LogP contribution in [0.2, 0.25) is 0 Å². The minimum absolute atomic E-state index is 0. The Hall–Kier alpha value is -3.95. The fourth-order valence-corrected chi connectivity index (χ4v) is 7.38. The Morgan fingerprint density at radius 3 is 2.02 bits per heavy atom. The van der Waals surface area contributed by atoms with Crippen molar-refractivity contribution in [2.24, 2.45) is 5.73 Å². The molecule has 2 aliphatic rings. The van der Waals surface area contributed by atoms with Crippen LogP contribution in [0.5, 0.6) is 23.0 Å². The minimum Gasteiger partial charge on any atom is -0.497 e. The zero-order chi connectivity index (χ0) is 31.5. The SMILES string of the molecule is CCN1CCC(C(N)=O)(c2ccccc2)CC1C1(c2ccc(OC)cc2)CCN(C(=O)c2cc(OC)c(OC)c(OC)c2)C1.Cl. The largest absolute Gasteiger partial charge is 0.497 e. The molecular weight excluding hydrogens is 594 g/mol. The van der Waals surface area contributed by atoms with Gasteiger partial charge < -0.3 is 29.6 Å². The van der Waals surface area contributed by atoms with Gasteiger partial charge in [-0.05, 0) is 67.7 Å². The quantitative estimate of drug-likeness (QED) is 0.340. The second-order valence-electron chi connectivity index (χ2n) is 11.7. The Labute approximate surface area is 272 Å². The van der Waals surface area contributed by atoms with E-state index in [-0.39, 0.29) is 30.3 Å². The number of ether oxygens (including phenoxy) is 4. The molecule has 0 aliphatic carbocycles. The Bertz CT molecular complexity index is 1460. The lowest BCUT2D eigenvalue weighted by Gasteiger charge is -2.52. The van der Waals surface area contributed by atoms with Gasteiger partial charge in [0.1, 0.15) is 5.75 Å². The van der Waals surface area contributed by atoms with Crippen LogP contribution in [0.25, 0.3) is 0 Å². The zero-order valence-corrected chi connectivity index (χ0v) is 27.5. The van der Waals surface area contributed by atoms with Crippen LogP contribution >= 0.6 is 12.4 Å². The molecule has 3 aromatic carbocycles. The van der Waals surface area contributed by atoms with Gasteiger partial charge >= 0.3 is 0 Å². The highest BCUT2D eigenvalue weighted by atomic mass is 35.5. The number of nitrogens with zero attached hydrogens (tertiary/aromatic N) is 2. The number of carbonyl (C=O) groups is 2. The number of carbonyl (C=O) groups excluding carboxylic acids is 2. The van der Waals surface area contributed by atoms with Gasteiger partial charge in [-0.15, -0.1) is 12.4 Å². The third-order valence-corrected chi connectivity index (χ3v) is 9.82. The Balaban J connectivity index is 0.00000461. The molecule has 2 N–H and O–H groups in total. The number of likely N-dealkylation sites (N-methyl/N-ethyl adjacent to an activating group) is 1. The Kier molecular flexibility index (Phi) is 10.6. The summed E-state index contributed by atoms with van der Waals surface area (Å²) in [6.07, 6.45) is 1.92. The summed E-state index contributed by atoms with van der Waals surface area (Å²) in [6, 6.07) is 21.4. The van der Waals surface area contributed by atoms with Crippen LogP contribution in [0.3, 0.4) is 0 Å². The molecule has 0 radical (unpaired) electrons. The van der Waals surface area contributed by atoms with Gasteiger partial charge in [0, 0.05) is 30.1 Å². The summed E-state index contributed by atoms with van der Waals surface area (Å²) in [5.74, 6) is 1.62. The van der Waals surface area contributed by atoms with Crippen LogP contribution in [0.15, 0.2) is 66.7 Å². The van der Waals surface area contributed by atoms with E-state index in [2.05, 4.69) is 24.0 Å². The predicted molar refractivity (Wildman–Crippen MR) is 176 cm³/mol. The molecule has 10 heteroatoms. The molecule has 0 aromatic heterocycles. The molecule has 242 valence electrons. The first-order valence-electron chi connectivity index (χ1n) is 15.1. The first-order valence-corrected chi connectivity index (χ1v) is 15.1. The van der Waals surface area contributed by atoms with Gasteiger partial charge in [-0.25, -0.2) is 0 Å². The van der Waals surface area contributed by atoms with Crippen LogP contribution in [0.1, 0.15) is 47.7 Å². The highest BCUT2D eigenvalue weighted by Gasteiger charge is 2.55. The number of nitrogens with two attached hydrogens (primary N) is 1. The molecule has 0 bridgehead atoms. The van der Waals surface area contributed by atoms with Crippen LogP contribution in [0.4, 0.5) is 0 Å². The van der Waals surface area contributed by atoms with Gasteiger partial charge in [-0.2, -0.15) is 0 Å². The molecule has 9 nitrogen and oxygen atoms in total. The van der Waals surface area contributed by atoms with Crippen LogP contribution in [-0.2, 0) is 15.6 Å². The van der Waals surface area contributed by atoms with E-state index in [1.54, 1.807) is 19.2 Å². The van der Waals surface area contributed by atoms with E-state index in [1.165, 1.54) is 21.3 Å². The molecule has 3 atom stereocenters. The molecule has 0 spiro atoms. The number of hydrogen-bond donors (Lipinski definition) is 1. The maximum atomic E-state index is 14.2. The van der Waals surface area contributed by atoms with Crippen LogP contribution < -0.4 is 24.7 Å². The second-order valence-corrected chi connectivity index (χ2v) is 11.7. The van der Waals surface area contributed by atoms with Crippen molar-refractivity contribution in [3.8, 4) is 23.0 Å². The molecule has 3 aromatic rings. The zero-order valence-electron chi connectivity index (χ0n) is 26.7. The number of hydrogen-bond acceptors (Lipinski definition) is 7. The fourth-order valence-electron chi connectivity index (χ4n) is 7.38. The molecule has 3 unspecified atom stereocenters. The van der Waals surface area contributed by atoms with Gasteiger partial charge in [-0.1, -0.05) is 49.4 Å². The summed E-state index contributed by atoms with van der Waals surface area (Å²) in [4.78, 5) is 31.9. The summed E-state index contributed by atoms with van der Waals surface area (Å²) in [5.41, 5.74) is 7.49. The van der Waals surface area contributed by atoms with E-state index in [9.17, 15) is 9.59 Å². The number of piperidine rings is 1. The van der Waals surface area contributed by atoms with Crippen molar-refractivity contribution in [1.29, 1.82) is 0 Å². The summed E-state index contributed by atoms with van der Waals surface area (Å²) in [5, 5.41) is 0. The van der Waals surface area contributed by atoms with Crippen molar-refractivity contribution in [3.05, 3.63) is 83.4 Å². The average Bonchev–Trinajstić information content (AvgIpc) is 3.53. The number of amides is 2. The molecule has 2 aliphatic heterocycles. The van der Waals surface area contributed by atoms with E-state index in [1.807, 2.05) is 47.4 Å². The maximum Gasteiger partial charge on any atom is 0.254 e. The molecule has 2 heterocycles. The van der Waals surface area contributed by atoms with Crippen molar-refractivity contribution in [1.82, 2.24) is 9.80 Å². The van der Waals surface area contributed by atoms with Gasteiger partial charge in [0.05, 0.1) is 33.9 Å². The standard InChI is InChI=1S/C35H43N3O6.ClH/c1-6-37-18-16-34(33(36)40,25-10-8-7-9-11-25)22-30(37)35(26-12-14-27(41-2)15-13-26)17-19-38(23-35)32(39)24-20-28(42-3)31(44-5)29(21-24)43-4;/h7-15,20-21,30H,6,16-19,22-23H2,1-5H3,(H2,36,40);1H. The van der Waals surface area contributed by atoms with Gasteiger partial charge in [0.25, 0.3) is 5.91 Å². The lowest BCUT2D eigenvalue weighted by atomic mass is 9.61. The third-order valence-electron chi connectivity index (χ3n) is 9.82. The minimum atomic E-state index is -0.814. The number of halogens is 1. The number of rotatable bonds is 10. The van der Waals surface area contributed by atoms with E-state index < -0.39 is 10.8 Å². The first-order chi connectivity index (χ1) is 21.3. The van der Waals surface area contributed by atoms with Gasteiger partial charge in [-0.3, -0.25) is 14.5 Å². The van der Waals surface area contributed by atoms with Crippen LogP contribution in [0, 0.1) is 0 Å². The number of methoxy groups -OCH3 is 4. The fraction of sp³-hybridized carbons (Fsp3) is 0.429. The molecule has 5 rings (SSSR count). The highest BCUT2D eigenvalue weighted by molar-refractivity contribution is 5.96. The lowest BCUT2D eigenvalue weighted by Crippen LogP contribution is -2.61. The lowest BCUT2D eigenvalue weighted by molar-refractivity contribution is -0.127. The number of benzene rings is 3. The molecule has 0 saturated carbocycles. The van der Waals surface area contributed by atoms with E-state index >= 15 is 0 Å². The van der Waals surface area contributed by atoms with Crippen molar-refractivity contribution in [2.45, 2.75) is 43.1 Å². The van der Waals surface area contributed by atoms with Gasteiger partial charge in [0.2, 0.25) is 11.7 Å². The maximum absolute atomic E-state index is 14.2. The first kappa shape index (κ1) is 33.9. The van der Waals surface area contributed by atoms with E-state index in [0.717, 1.165) is 36.4 Å². The summed E-state index contributed by atoms with van der Waals surface area (Å²) < 4.78 is 22.0. The Morgan fingerprint density at radius 1 is 0.844 bits per heavy atom. The number of primary amides is 1. The van der Waals surface area contributed by atoms with Gasteiger partial charge in [0.15, 0.2) is 11.5 Å². The molecule has 45 heavy (non-hydrogen) atoms. The predicted octanol–water partition coefficient (Wildman–Crippen LogP) is 4.83. The molecule has 2 saturated heterocycles. The van der Waals surface area contributed by atoms with Crippen molar-refractivity contribution in [3.63, 3.8) is 0 Å². The smallest absolute Gasteiger partial charge is 0.254 e. The third kappa shape index (κ3) is 6.03. The van der Waals surface area contributed by atoms with Crippen LogP contribution in [-0.4, -0.2) is 82.3 Å². The van der Waals surface area contributed by atoms with E-state index in [4.69, 9.17) is 24.7 Å². The summed E-state index contributed by atoms with van der Waals surface area (Å²) in [6.45, 7) is 4.71. The number of likely N-dealkylation sites (tertiary alicyclic amines) is 2. The molecule has 2 fully saturated rings. The second kappa shape index (κ2) is 14.0. The highest BCUT2D eigenvalue weighted by Crippen LogP contribution is 2.49. The summed E-state index contributed by atoms with van der Waals surface area (Å²) in [7, 11) is 6.27. The van der Waals surface area contributed by atoms with Crippen molar-refractivity contribution >= 4 is 24.2 Å². The monoisotopic (exact) mass is 637 g/mol.